The highest BCUT2D eigenvalue weighted by molar-refractivity contribution is 5.42. The lowest BCUT2D eigenvalue weighted by atomic mass is 10.3. The molecule has 0 radical (unpaired) electrons. The molecule has 1 fully saturated rings. The molecule has 0 spiro atoms. The molecule has 15 heavy (non-hydrogen) atoms. The standard InChI is InChI=1S/C9H14N4O2/c1-2-11-7-3-8(13-9(10)12-7)15-6-4-14-5-6/h3,6H,2,4-5H2,1H3,(H3,10,11,12,13). The van der Waals surface area contributed by atoms with Gasteiger partial charge in [0.25, 0.3) is 0 Å². The molecular weight excluding hydrogens is 196 g/mol. The lowest BCUT2D eigenvalue weighted by molar-refractivity contribution is -0.0812. The van der Waals surface area contributed by atoms with Crippen LogP contribution >= 0.6 is 0 Å². The zero-order valence-corrected chi connectivity index (χ0v) is 8.56. The Hall–Kier alpha value is -1.56. The molecule has 2 heterocycles. The smallest absolute Gasteiger partial charge is 0.225 e. The number of ether oxygens (including phenoxy) is 2. The third-order valence-corrected chi connectivity index (χ3v) is 1.97. The monoisotopic (exact) mass is 210 g/mol. The van der Waals surface area contributed by atoms with Crippen molar-refractivity contribution in [3.05, 3.63) is 6.07 Å². The van der Waals surface area contributed by atoms with Crippen LogP contribution in [0, 0.1) is 0 Å². The van der Waals surface area contributed by atoms with Gasteiger partial charge in [-0.3, -0.25) is 0 Å². The van der Waals surface area contributed by atoms with E-state index in [2.05, 4.69) is 15.3 Å². The number of nitrogens with zero attached hydrogens (tertiary/aromatic N) is 2. The zero-order valence-electron chi connectivity index (χ0n) is 8.56. The van der Waals surface area contributed by atoms with Gasteiger partial charge in [0.1, 0.15) is 11.9 Å². The summed E-state index contributed by atoms with van der Waals surface area (Å²) in [5.41, 5.74) is 5.55. The van der Waals surface area contributed by atoms with Crippen molar-refractivity contribution in [3.8, 4) is 5.88 Å². The Kier molecular flexibility index (Phi) is 2.86. The van der Waals surface area contributed by atoms with Crippen LogP contribution in [-0.2, 0) is 4.74 Å². The molecule has 6 nitrogen and oxygen atoms in total. The minimum Gasteiger partial charge on any atom is -0.469 e. The van der Waals surface area contributed by atoms with Gasteiger partial charge in [0, 0.05) is 12.6 Å². The van der Waals surface area contributed by atoms with Crippen LogP contribution in [0.25, 0.3) is 0 Å². The van der Waals surface area contributed by atoms with Crippen LogP contribution in [0.2, 0.25) is 0 Å². The van der Waals surface area contributed by atoms with Crippen molar-refractivity contribution in [2.45, 2.75) is 13.0 Å². The number of nitrogens with two attached hydrogens (primary N) is 1. The second-order valence-corrected chi connectivity index (χ2v) is 3.26. The minimum absolute atomic E-state index is 0.0915. The number of nitrogens with one attached hydrogen (secondary N) is 1. The van der Waals surface area contributed by atoms with Crippen molar-refractivity contribution in [1.82, 2.24) is 9.97 Å². The molecule has 0 bridgehead atoms. The molecular formula is C9H14N4O2. The van der Waals surface area contributed by atoms with Gasteiger partial charge in [-0.05, 0) is 6.92 Å². The van der Waals surface area contributed by atoms with Crippen LogP contribution in [0.3, 0.4) is 0 Å². The lowest BCUT2D eigenvalue weighted by Crippen LogP contribution is -2.38. The SMILES string of the molecule is CCNc1cc(OC2COC2)nc(N)n1. The highest BCUT2D eigenvalue weighted by atomic mass is 16.6. The van der Waals surface area contributed by atoms with Crippen molar-refractivity contribution in [1.29, 1.82) is 0 Å². The van der Waals surface area contributed by atoms with E-state index in [0.717, 1.165) is 6.54 Å². The van der Waals surface area contributed by atoms with Gasteiger partial charge in [0.15, 0.2) is 0 Å². The molecule has 0 saturated carbocycles. The fourth-order valence-electron chi connectivity index (χ4n) is 1.23. The summed E-state index contributed by atoms with van der Waals surface area (Å²) in [6.07, 6.45) is 0.0915. The van der Waals surface area contributed by atoms with E-state index >= 15 is 0 Å². The maximum absolute atomic E-state index is 5.55. The first kappa shape index (κ1) is 9.97. The third-order valence-electron chi connectivity index (χ3n) is 1.97. The molecule has 0 aromatic carbocycles. The summed E-state index contributed by atoms with van der Waals surface area (Å²) in [7, 11) is 0. The van der Waals surface area contributed by atoms with E-state index in [9.17, 15) is 0 Å². The molecule has 1 saturated heterocycles. The summed E-state index contributed by atoms with van der Waals surface area (Å²) in [6.45, 7) is 3.99. The average Bonchev–Trinajstić information content (AvgIpc) is 2.11. The van der Waals surface area contributed by atoms with Crippen molar-refractivity contribution in [2.24, 2.45) is 0 Å². The second kappa shape index (κ2) is 4.31. The molecule has 0 atom stereocenters. The summed E-state index contributed by atoms with van der Waals surface area (Å²) >= 11 is 0. The Morgan fingerprint density at radius 1 is 1.60 bits per heavy atom. The fraction of sp³-hybridized carbons (Fsp3) is 0.556. The quantitative estimate of drug-likeness (QED) is 0.742. The van der Waals surface area contributed by atoms with E-state index in [1.54, 1.807) is 6.07 Å². The maximum Gasteiger partial charge on any atom is 0.225 e. The summed E-state index contributed by atoms with van der Waals surface area (Å²) in [5.74, 6) is 1.38. The van der Waals surface area contributed by atoms with Crippen LogP contribution in [-0.4, -0.2) is 35.8 Å². The molecule has 0 unspecified atom stereocenters. The van der Waals surface area contributed by atoms with Crippen LogP contribution in [0.5, 0.6) is 5.88 Å². The third kappa shape index (κ3) is 2.47. The minimum atomic E-state index is 0.0915. The molecule has 3 N–H and O–H groups in total. The molecule has 1 aromatic heterocycles. The molecule has 6 heteroatoms. The molecule has 0 aliphatic carbocycles. The Bertz CT molecular complexity index is 341. The molecule has 82 valence electrons. The van der Waals surface area contributed by atoms with E-state index in [1.165, 1.54) is 0 Å². The topological polar surface area (TPSA) is 82.3 Å². The van der Waals surface area contributed by atoms with Crippen LogP contribution in [0.4, 0.5) is 11.8 Å². The Morgan fingerprint density at radius 3 is 3.00 bits per heavy atom. The number of aromatic nitrogens is 2. The van der Waals surface area contributed by atoms with Gasteiger partial charge in [-0.25, -0.2) is 0 Å². The Morgan fingerprint density at radius 2 is 2.40 bits per heavy atom. The highest BCUT2D eigenvalue weighted by Crippen LogP contribution is 2.17. The normalized spacial score (nSPS) is 15.8. The fourth-order valence-corrected chi connectivity index (χ4v) is 1.23. The number of nitrogen functional groups attached to an aromatic ring is 1. The molecule has 1 aliphatic heterocycles. The first-order valence-electron chi connectivity index (χ1n) is 4.90. The van der Waals surface area contributed by atoms with Crippen LogP contribution in [0.15, 0.2) is 6.07 Å². The predicted octanol–water partition coefficient (Wildman–Crippen LogP) is 0.268. The Balaban J connectivity index is 2.07. The lowest BCUT2D eigenvalue weighted by Gasteiger charge is -2.26. The van der Waals surface area contributed by atoms with Crippen molar-refractivity contribution >= 4 is 11.8 Å². The van der Waals surface area contributed by atoms with Gasteiger partial charge in [0.2, 0.25) is 11.8 Å². The average molecular weight is 210 g/mol. The van der Waals surface area contributed by atoms with E-state index in [-0.39, 0.29) is 12.1 Å². The largest absolute Gasteiger partial charge is 0.469 e. The number of anilines is 2. The van der Waals surface area contributed by atoms with E-state index in [1.807, 2.05) is 6.92 Å². The van der Waals surface area contributed by atoms with Crippen molar-refractivity contribution in [3.63, 3.8) is 0 Å². The van der Waals surface area contributed by atoms with Gasteiger partial charge in [0.05, 0.1) is 13.2 Å². The Labute approximate surface area is 87.8 Å². The number of hydrogen-bond acceptors (Lipinski definition) is 6. The van der Waals surface area contributed by atoms with Crippen LogP contribution in [0.1, 0.15) is 6.92 Å². The summed E-state index contributed by atoms with van der Waals surface area (Å²) in [6, 6.07) is 1.73. The van der Waals surface area contributed by atoms with Crippen molar-refractivity contribution < 1.29 is 9.47 Å². The number of hydrogen-bond donors (Lipinski definition) is 2. The van der Waals surface area contributed by atoms with E-state index in [4.69, 9.17) is 15.2 Å². The van der Waals surface area contributed by atoms with Gasteiger partial charge >= 0.3 is 0 Å². The first-order valence-corrected chi connectivity index (χ1v) is 4.90. The molecule has 1 aliphatic rings. The van der Waals surface area contributed by atoms with Gasteiger partial charge in [-0.15, -0.1) is 0 Å². The second-order valence-electron chi connectivity index (χ2n) is 3.26. The molecule has 2 rings (SSSR count). The summed E-state index contributed by atoms with van der Waals surface area (Å²) < 4.78 is 10.5. The van der Waals surface area contributed by atoms with E-state index < -0.39 is 0 Å². The van der Waals surface area contributed by atoms with Gasteiger partial charge < -0.3 is 20.5 Å². The van der Waals surface area contributed by atoms with Crippen molar-refractivity contribution in [2.75, 3.05) is 30.8 Å². The zero-order chi connectivity index (χ0) is 10.7. The van der Waals surface area contributed by atoms with Gasteiger partial charge in [-0.2, -0.15) is 9.97 Å². The maximum atomic E-state index is 5.55. The van der Waals surface area contributed by atoms with Gasteiger partial charge in [-0.1, -0.05) is 0 Å². The summed E-state index contributed by atoms with van der Waals surface area (Å²) in [5, 5.41) is 3.06. The molecule has 0 amide bonds. The number of rotatable bonds is 4. The highest BCUT2D eigenvalue weighted by Gasteiger charge is 2.21. The summed E-state index contributed by atoms with van der Waals surface area (Å²) in [4.78, 5) is 8.01. The van der Waals surface area contributed by atoms with Crippen LogP contribution < -0.4 is 15.8 Å². The van der Waals surface area contributed by atoms with E-state index in [0.29, 0.717) is 24.9 Å². The molecule has 1 aromatic rings. The first-order chi connectivity index (χ1) is 7.28. The predicted molar refractivity (Wildman–Crippen MR) is 55.8 cm³/mol.